The summed E-state index contributed by atoms with van der Waals surface area (Å²) in [5.74, 6) is 0.990. The Morgan fingerprint density at radius 3 is 2.96 bits per heavy atom. The van der Waals surface area contributed by atoms with Gasteiger partial charge in [0, 0.05) is 36.3 Å². The van der Waals surface area contributed by atoms with Crippen LogP contribution in [0.3, 0.4) is 0 Å². The fraction of sp³-hybridized carbons (Fsp3) is 0.316. The van der Waals surface area contributed by atoms with Gasteiger partial charge in [-0.05, 0) is 25.5 Å². The summed E-state index contributed by atoms with van der Waals surface area (Å²) in [4.78, 5) is 22.5. The molecule has 130 valence electrons. The van der Waals surface area contributed by atoms with E-state index in [-0.39, 0.29) is 12.5 Å². The van der Waals surface area contributed by atoms with E-state index in [1.807, 2.05) is 38.1 Å². The minimum Gasteiger partial charge on any atom is -0.483 e. The summed E-state index contributed by atoms with van der Waals surface area (Å²) in [5.41, 5.74) is 0.316. The molecule has 0 saturated carbocycles. The van der Waals surface area contributed by atoms with Crippen molar-refractivity contribution in [1.29, 1.82) is 0 Å². The summed E-state index contributed by atoms with van der Waals surface area (Å²) in [6, 6.07) is 7.67. The van der Waals surface area contributed by atoms with E-state index in [9.17, 15) is 4.79 Å². The number of oxazole rings is 1. The van der Waals surface area contributed by atoms with Crippen molar-refractivity contribution in [2.75, 3.05) is 13.1 Å². The molecule has 0 bridgehead atoms. The first-order valence-electron chi connectivity index (χ1n) is 8.42. The van der Waals surface area contributed by atoms with Crippen LogP contribution in [0.1, 0.15) is 36.6 Å². The van der Waals surface area contributed by atoms with Gasteiger partial charge in [0.1, 0.15) is 12.0 Å². The van der Waals surface area contributed by atoms with Crippen LogP contribution in [0.25, 0.3) is 10.8 Å². The van der Waals surface area contributed by atoms with E-state index in [0.29, 0.717) is 24.7 Å². The Hall–Kier alpha value is -2.89. The van der Waals surface area contributed by atoms with Crippen LogP contribution >= 0.6 is 0 Å². The maximum atomic E-state index is 12.4. The topological polar surface area (TPSA) is 68.5 Å². The highest BCUT2D eigenvalue weighted by atomic mass is 16.5. The number of pyridine rings is 1. The molecule has 1 amide bonds. The van der Waals surface area contributed by atoms with Gasteiger partial charge in [-0.1, -0.05) is 19.1 Å². The monoisotopic (exact) mass is 339 g/mol. The van der Waals surface area contributed by atoms with Crippen LogP contribution in [-0.4, -0.2) is 33.9 Å². The van der Waals surface area contributed by atoms with Gasteiger partial charge in [-0.3, -0.25) is 9.78 Å². The highest BCUT2D eigenvalue weighted by Gasteiger charge is 2.18. The zero-order chi connectivity index (χ0) is 17.6. The standard InChI is InChI=1S/C19H21N3O3/c1-3-10-22(4-2)19(23)16-12-25-18(21-16)13-24-17-7-5-6-14-11-20-9-8-15(14)17/h5-9,11-12H,3-4,10,13H2,1-2H3. The molecule has 0 unspecified atom stereocenters. The third kappa shape index (κ3) is 3.79. The summed E-state index contributed by atoms with van der Waals surface area (Å²) in [6.45, 7) is 5.51. The van der Waals surface area contributed by atoms with Crippen molar-refractivity contribution >= 4 is 16.7 Å². The maximum absolute atomic E-state index is 12.4. The molecule has 0 spiro atoms. The van der Waals surface area contributed by atoms with E-state index < -0.39 is 0 Å². The number of nitrogens with zero attached hydrogens (tertiary/aromatic N) is 3. The highest BCUT2D eigenvalue weighted by molar-refractivity contribution is 5.92. The number of fused-ring (bicyclic) bond motifs is 1. The van der Waals surface area contributed by atoms with Gasteiger partial charge in [0.15, 0.2) is 12.3 Å². The molecule has 0 aliphatic heterocycles. The van der Waals surface area contributed by atoms with Gasteiger partial charge in [0.25, 0.3) is 5.91 Å². The van der Waals surface area contributed by atoms with Crippen molar-refractivity contribution in [3.8, 4) is 5.75 Å². The number of benzene rings is 1. The predicted molar refractivity (Wildman–Crippen MR) is 94.4 cm³/mol. The second-order valence-corrected chi connectivity index (χ2v) is 5.65. The second-order valence-electron chi connectivity index (χ2n) is 5.65. The molecule has 6 heteroatoms. The number of amides is 1. The van der Waals surface area contributed by atoms with Crippen molar-refractivity contribution in [2.24, 2.45) is 0 Å². The molecule has 3 rings (SSSR count). The first kappa shape index (κ1) is 17.0. The normalized spacial score (nSPS) is 10.8. The van der Waals surface area contributed by atoms with Crippen LogP contribution in [0.15, 0.2) is 47.3 Å². The minimum atomic E-state index is -0.115. The molecular formula is C19H21N3O3. The predicted octanol–water partition coefficient (Wildman–Crippen LogP) is 3.67. The van der Waals surface area contributed by atoms with Crippen molar-refractivity contribution in [1.82, 2.24) is 14.9 Å². The molecule has 25 heavy (non-hydrogen) atoms. The first-order valence-corrected chi connectivity index (χ1v) is 8.42. The van der Waals surface area contributed by atoms with E-state index in [4.69, 9.17) is 9.15 Å². The maximum Gasteiger partial charge on any atom is 0.275 e. The molecule has 0 N–H and O–H groups in total. The minimum absolute atomic E-state index is 0.115. The Morgan fingerprint density at radius 2 is 2.16 bits per heavy atom. The molecule has 3 aromatic rings. The van der Waals surface area contributed by atoms with Crippen molar-refractivity contribution < 1.29 is 13.9 Å². The third-order valence-corrected chi connectivity index (χ3v) is 3.93. The smallest absolute Gasteiger partial charge is 0.275 e. The second kappa shape index (κ2) is 7.79. The van der Waals surface area contributed by atoms with Crippen molar-refractivity contribution in [2.45, 2.75) is 26.9 Å². The number of carbonyl (C=O) groups excluding carboxylic acids is 1. The number of aromatic nitrogens is 2. The molecule has 0 fully saturated rings. The lowest BCUT2D eigenvalue weighted by molar-refractivity contribution is 0.0758. The lowest BCUT2D eigenvalue weighted by atomic mass is 10.1. The molecule has 0 aliphatic rings. The summed E-state index contributed by atoms with van der Waals surface area (Å²) >= 11 is 0. The average Bonchev–Trinajstić information content (AvgIpc) is 3.13. The largest absolute Gasteiger partial charge is 0.483 e. The van der Waals surface area contributed by atoms with Gasteiger partial charge in [-0.2, -0.15) is 0 Å². The first-order chi connectivity index (χ1) is 12.2. The lowest BCUT2D eigenvalue weighted by Crippen LogP contribution is -2.31. The van der Waals surface area contributed by atoms with Crippen LogP contribution in [0.5, 0.6) is 5.75 Å². The molecule has 0 aliphatic carbocycles. The van der Waals surface area contributed by atoms with E-state index >= 15 is 0 Å². The zero-order valence-electron chi connectivity index (χ0n) is 14.4. The number of hydrogen-bond acceptors (Lipinski definition) is 5. The molecule has 0 atom stereocenters. The molecule has 0 radical (unpaired) electrons. The van der Waals surface area contributed by atoms with Crippen molar-refractivity contribution in [3.63, 3.8) is 0 Å². The SMILES string of the molecule is CCCN(CC)C(=O)c1coc(COc2cccc3cnccc23)n1. The van der Waals surface area contributed by atoms with Crippen molar-refractivity contribution in [3.05, 3.63) is 54.5 Å². The fourth-order valence-electron chi connectivity index (χ4n) is 2.67. The lowest BCUT2D eigenvalue weighted by Gasteiger charge is -2.18. The number of rotatable bonds is 7. The molecule has 0 saturated heterocycles. The van der Waals surface area contributed by atoms with Gasteiger partial charge < -0.3 is 14.1 Å². The van der Waals surface area contributed by atoms with Crippen LogP contribution < -0.4 is 4.74 Å². The van der Waals surface area contributed by atoms with E-state index in [0.717, 1.165) is 22.9 Å². The molecule has 2 heterocycles. The number of ether oxygens (including phenoxy) is 1. The average molecular weight is 339 g/mol. The Morgan fingerprint density at radius 1 is 1.28 bits per heavy atom. The molecule has 1 aromatic carbocycles. The van der Waals surface area contributed by atoms with Crippen LogP contribution in [0.2, 0.25) is 0 Å². The summed E-state index contributed by atoms with van der Waals surface area (Å²) < 4.78 is 11.2. The van der Waals surface area contributed by atoms with Gasteiger partial charge in [-0.15, -0.1) is 0 Å². The molecule has 2 aromatic heterocycles. The van der Waals surface area contributed by atoms with Gasteiger partial charge in [0.05, 0.1) is 0 Å². The van der Waals surface area contributed by atoms with Crippen LogP contribution in [-0.2, 0) is 6.61 Å². The summed E-state index contributed by atoms with van der Waals surface area (Å²) in [7, 11) is 0. The van der Waals surface area contributed by atoms with E-state index in [1.54, 1.807) is 17.3 Å². The number of carbonyl (C=O) groups is 1. The number of hydrogen-bond donors (Lipinski definition) is 0. The van der Waals surface area contributed by atoms with Gasteiger partial charge >= 0.3 is 0 Å². The van der Waals surface area contributed by atoms with Gasteiger partial charge in [-0.25, -0.2) is 4.98 Å². The Kier molecular flexibility index (Phi) is 5.28. The summed E-state index contributed by atoms with van der Waals surface area (Å²) in [5, 5.41) is 1.97. The van der Waals surface area contributed by atoms with Crippen LogP contribution in [0, 0.1) is 0 Å². The molecule has 6 nitrogen and oxygen atoms in total. The van der Waals surface area contributed by atoms with E-state index in [2.05, 4.69) is 9.97 Å². The Balaban J connectivity index is 1.70. The summed E-state index contributed by atoms with van der Waals surface area (Å²) in [6.07, 6.45) is 5.82. The third-order valence-electron chi connectivity index (χ3n) is 3.93. The quantitative estimate of drug-likeness (QED) is 0.657. The molecular weight excluding hydrogens is 318 g/mol. The fourth-order valence-corrected chi connectivity index (χ4v) is 2.67. The highest BCUT2D eigenvalue weighted by Crippen LogP contribution is 2.25. The Bertz CT molecular complexity index is 855. The Labute approximate surface area is 146 Å². The van der Waals surface area contributed by atoms with E-state index in [1.165, 1.54) is 6.26 Å². The van der Waals surface area contributed by atoms with Gasteiger partial charge in [0.2, 0.25) is 5.89 Å². The van der Waals surface area contributed by atoms with Crippen LogP contribution in [0.4, 0.5) is 0 Å². The zero-order valence-corrected chi connectivity index (χ0v) is 14.4.